The van der Waals surface area contributed by atoms with E-state index in [4.69, 9.17) is 0 Å². The monoisotopic (exact) mass is 410 g/mol. The maximum atomic E-state index is 13.6. The zero-order chi connectivity index (χ0) is 22.3. The van der Waals surface area contributed by atoms with Crippen molar-refractivity contribution in [1.82, 2.24) is 0 Å². The highest BCUT2D eigenvalue weighted by atomic mass is 16.2. The van der Waals surface area contributed by atoms with Crippen molar-refractivity contribution in [1.29, 1.82) is 0 Å². The van der Waals surface area contributed by atoms with Crippen molar-refractivity contribution in [3.8, 4) is 0 Å². The Kier molecular flexibility index (Phi) is 5.24. The molecule has 3 aromatic rings. The molecule has 0 bridgehead atoms. The summed E-state index contributed by atoms with van der Waals surface area (Å²) in [7, 11) is 0. The third kappa shape index (κ3) is 3.66. The molecular formula is C27H26N2O2. The van der Waals surface area contributed by atoms with Crippen LogP contribution in [0.4, 0.5) is 11.4 Å². The summed E-state index contributed by atoms with van der Waals surface area (Å²) >= 11 is 0. The lowest BCUT2D eigenvalue weighted by Crippen LogP contribution is -2.32. The van der Waals surface area contributed by atoms with Gasteiger partial charge in [0, 0.05) is 5.69 Å². The van der Waals surface area contributed by atoms with E-state index < -0.39 is 0 Å². The fourth-order valence-electron chi connectivity index (χ4n) is 3.94. The number of imide groups is 1. The van der Waals surface area contributed by atoms with Crippen molar-refractivity contribution in [2.75, 3.05) is 10.2 Å². The smallest absolute Gasteiger partial charge is 0.282 e. The number of amides is 2. The predicted octanol–water partition coefficient (Wildman–Crippen LogP) is 5.63. The van der Waals surface area contributed by atoms with E-state index in [1.165, 1.54) is 4.90 Å². The molecule has 1 N–H and O–H groups in total. The van der Waals surface area contributed by atoms with Crippen molar-refractivity contribution in [2.24, 2.45) is 0 Å². The molecule has 0 unspecified atom stereocenters. The molecule has 0 saturated heterocycles. The standard InChI is InChI=1S/C27H26N2O2/c1-16-10-13-22(20(5)14-16)24-25(28-23-9-7-6-8-18(23)3)27(31)29(26(24)30)21-12-11-17(2)19(4)15-21/h6-15,28H,1-5H3. The average molecular weight is 411 g/mol. The number of hydrogen-bond donors (Lipinski definition) is 1. The predicted molar refractivity (Wildman–Crippen MR) is 126 cm³/mol. The Labute approximate surface area is 183 Å². The average Bonchev–Trinajstić information content (AvgIpc) is 2.96. The lowest BCUT2D eigenvalue weighted by atomic mass is 9.97. The fourth-order valence-corrected chi connectivity index (χ4v) is 3.94. The van der Waals surface area contributed by atoms with Crippen molar-refractivity contribution < 1.29 is 9.59 Å². The minimum atomic E-state index is -0.341. The Hall–Kier alpha value is -3.66. The molecule has 1 heterocycles. The fraction of sp³-hybridized carbons (Fsp3) is 0.185. The molecule has 0 atom stereocenters. The minimum absolute atomic E-state index is 0.309. The van der Waals surface area contributed by atoms with Gasteiger partial charge in [0.05, 0.1) is 11.3 Å². The topological polar surface area (TPSA) is 49.4 Å². The third-order valence-corrected chi connectivity index (χ3v) is 5.89. The SMILES string of the molecule is Cc1ccc(C2=C(Nc3ccccc3C)C(=O)N(c3ccc(C)c(C)c3)C2=O)c(C)c1. The molecule has 156 valence electrons. The van der Waals surface area contributed by atoms with Gasteiger partial charge in [-0.25, -0.2) is 4.90 Å². The summed E-state index contributed by atoms with van der Waals surface area (Å²) in [5.41, 5.74) is 8.10. The summed E-state index contributed by atoms with van der Waals surface area (Å²) in [6.45, 7) is 9.95. The summed E-state index contributed by atoms with van der Waals surface area (Å²) in [5, 5.41) is 3.27. The molecule has 3 aromatic carbocycles. The molecule has 0 spiro atoms. The molecule has 0 radical (unpaired) electrons. The van der Waals surface area contributed by atoms with Crippen LogP contribution >= 0.6 is 0 Å². The highest BCUT2D eigenvalue weighted by Gasteiger charge is 2.40. The number of carbonyl (C=O) groups is 2. The van der Waals surface area contributed by atoms with Crippen LogP contribution in [0.2, 0.25) is 0 Å². The number of rotatable bonds is 4. The van der Waals surface area contributed by atoms with E-state index in [0.717, 1.165) is 39.1 Å². The molecule has 0 aliphatic carbocycles. The number of para-hydroxylation sites is 1. The number of carbonyl (C=O) groups excluding carboxylic acids is 2. The highest BCUT2D eigenvalue weighted by Crippen LogP contribution is 2.36. The van der Waals surface area contributed by atoms with Crippen LogP contribution in [0, 0.1) is 34.6 Å². The van der Waals surface area contributed by atoms with Crippen molar-refractivity contribution in [3.63, 3.8) is 0 Å². The van der Waals surface area contributed by atoms with Crippen molar-refractivity contribution in [2.45, 2.75) is 34.6 Å². The number of nitrogens with zero attached hydrogens (tertiary/aromatic N) is 1. The lowest BCUT2D eigenvalue weighted by molar-refractivity contribution is -0.120. The largest absolute Gasteiger partial charge is 0.350 e. The summed E-state index contributed by atoms with van der Waals surface area (Å²) in [6, 6.07) is 19.3. The van der Waals surface area contributed by atoms with Crippen LogP contribution in [0.1, 0.15) is 33.4 Å². The summed E-state index contributed by atoms with van der Waals surface area (Å²) < 4.78 is 0. The third-order valence-electron chi connectivity index (χ3n) is 5.89. The molecule has 4 rings (SSSR count). The number of nitrogens with one attached hydrogen (secondary N) is 1. The molecule has 0 fully saturated rings. The molecule has 0 aromatic heterocycles. The number of aryl methyl sites for hydroxylation is 5. The van der Waals surface area contributed by atoms with Gasteiger partial charge in [-0.15, -0.1) is 0 Å². The Balaban J connectivity index is 1.88. The lowest BCUT2D eigenvalue weighted by Gasteiger charge is -2.17. The number of hydrogen-bond acceptors (Lipinski definition) is 3. The first-order chi connectivity index (χ1) is 14.8. The van der Waals surface area contributed by atoms with E-state index >= 15 is 0 Å². The van der Waals surface area contributed by atoms with Crippen molar-refractivity contribution in [3.05, 3.63) is 99.7 Å². The van der Waals surface area contributed by atoms with Crippen LogP contribution in [0.5, 0.6) is 0 Å². The summed E-state index contributed by atoms with van der Waals surface area (Å²) in [4.78, 5) is 28.5. The van der Waals surface area contributed by atoms with Crippen LogP contribution in [-0.2, 0) is 9.59 Å². The van der Waals surface area contributed by atoms with Crippen LogP contribution in [0.15, 0.2) is 66.4 Å². The normalized spacial score (nSPS) is 13.9. The molecule has 2 amide bonds. The van der Waals surface area contributed by atoms with Gasteiger partial charge >= 0.3 is 0 Å². The molecule has 0 saturated carbocycles. The van der Waals surface area contributed by atoms with Gasteiger partial charge in [0.25, 0.3) is 11.8 Å². The first-order valence-electron chi connectivity index (χ1n) is 10.4. The van der Waals surface area contributed by atoms with Gasteiger partial charge in [-0.2, -0.15) is 0 Å². The Morgan fingerprint density at radius 1 is 0.677 bits per heavy atom. The van der Waals surface area contributed by atoms with Crippen LogP contribution in [0.25, 0.3) is 5.57 Å². The first-order valence-corrected chi connectivity index (χ1v) is 10.4. The Bertz CT molecular complexity index is 1250. The van der Waals surface area contributed by atoms with Crippen LogP contribution < -0.4 is 10.2 Å². The molecule has 1 aliphatic rings. The van der Waals surface area contributed by atoms with Gasteiger partial charge in [-0.1, -0.05) is 48.0 Å². The van der Waals surface area contributed by atoms with E-state index in [1.54, 1.807) is 0 Å². The molecule has 4 heteroatoms. The number of benzene rings is 3. The van der Waals surface area contributed by atoms with E-state index in [1.807, 2.05) is 95.3 Å². The van der Waals surface area contributed by atoms with Gasteiger partial charge < -0.3 is 5.32 Å². The van der Waals surface area contributed by atoms with Crippen LogP contribution in [0.3, 0.4) is 0 Å². The maximum Gasteiger partial charge on any atom is 0.282 e. The van der Waals surface area contributed by atoms with Gasteiger partial charge in [-0.05, 0) is 80.6 Å². The quantitative estimate of drug-likeness (QED) is 0.568. The Morgan fingerprint density at radius 3 is 2.10 bits per heavy atom. The van der Waals surface area contributed by atoms with E-state index in [-0.39, 0.29) is 11.8 Å². The molecule has 1 aliphatic heterocycles. The second-order valence-electron chi connectivity index (χ2n) is 8.22. The minimum Gasteiger partial charge on any atom is -0.350 e. The molecular weight excluding hydrogens is 384 g/mol. The second kappa shape index (κ2) is 7.88. The molecule has 4 nitrogen and oxygen atoms in total. The maximum absolute atomic E-state index is 13.6. The molecule has 31 heavy (non-hydrogen) atoms. The second-order valence-corrected chi connectivity index (χ2v) is 8.22. The zero-order valence-electron chi connectivity index (χ0n) is 18.5. The van der Waals surface area contributed by atoms with E-state index in [2.05, 4.69) is 5.32 Å². The zero-order valence-corrected chi connectivity index (χ0v) is 18.5. The van der Waals surface area contributed by atoms with Crippen LogP contribution in [-0.4, -0.2) is 11.8 Å². The first kappa shape index (κ1) is 20.6. The van der Waals surface area contributed by atoms with E-state index in [0.29, 0.717) is 17.0 Å². The van der Waals surface area contributed by atoms with Crippen molar-refractivity contribution >= 4 is 28.8 Å². The summed E-state index contributed by atoms with van der Waals surface area (Å²) in [5.74, 6) is -0.650. The number of anilines is 2. The summed E-state index contributed by atoms with van der Waals surface area (Å²) in [6.07, 6.45) is 0. The van der Waals surface area contributed by atoms with Gasteiger partial charge in [-0.3, -0.25) is 9.59 Å². The highest BCUT2D eigenvalue weighted by molar-refractivity contribution is 6.46. The van der Waals surface area contributed by atoms with Gasteiger partial charge in [0.1, 0.15) is 5.70 Å². The van der Waals surface area contributed by atoms with Gasteiger partial charge in [0.2, 0.25) is 0 Å². The Morgan fingerprint density at radius 2 is 1.42 bits per heavy atom. The van der Waals surface area contributed by atoms with Gasteiger partial charge in [0.15, 0.2) is 0 Å². The van der Waals surface area contributed by atoms with E-state index in [9.17, 15) is 9.59 Å².